The largest absolute Gasteiger partial charge is 0.370 e. The van der Waals surface area contributed by atoms with E-state index in [1.807, 2.05) is 0 Å². The number of benzene rings is 1. The molecule has 1 amide bonds. The number of carbonyl (C=O) groups is 1. The van der Waals surface area contributed by atoms with Gasteiger partial charge in [-0.25, -0.2) is 0 Å². The van der Waals surface area contributed by atoms with Crippen molar-refractivity contribution in [1.82, 2.24) is 4.90 Å². The number of nitrogens with zero attached hydrogens (tertiary/aromatic N) is 2. The minimum Gasteiger partial charge on any atom is -0.370 e. The lowest BCUT2D eigenvalue weighted by molar-refractivity contribution is -0.384. The van der Waals surface area contributed by atoms with Crippen molar-refractivity contribution in [2.75, 3.05) is 6.54 Å². The van der Waals surface area contributed by atoms with Crippen molar-refractivity contribution in [3.05, 3.63) is 38.9 Å². The lowest BCUT2D eigenvalue weighted by Gasteiger charge is -2.35. The lowest BCUT2D eigenvalue weighted by Crippen LogP contribution is -2.41. The van der Waals surface area contributed by atoms with Gasteiger partial charge in [0, 0.05) is 31.1 Å². The predicted octanol–water partition coefficient (Wildman–Crippen LogP) is 2.48. The number of non-ortho nitro benzene ring substituents is 1. The maximum Gasteiger partial charge on any atom is 0.270 e. The Hall–Kier alpha value is -1.66. The summed E-state index contributed by atoms with van der Waals surface area (Å²) in [5.74, 6) is -0.304. The minimum atomic E-state index is -0.466. The number of hydrogen-bond acceptors (Lipinski definition) is 4. The van der Waals surface area contributed by atoms with Gasteiger partial charge in [0.25, 0.3) is 5.69 Å². The van der Waals surface area contributed by atoms with Gasteiger partial charge in [0.15, 0.2) is 0 Å². The third-order valence-corrected chi connectivity index (χ3v) is 4.16. The van der Waals surface area contributed by atoms with Crippen molar-refractivity contribution in [3.63, 3.8) is 0 Å². The molecule has 1 fully saturated rings. The number of likely N-dealkylation sites (tertiary alicyclic amines) is 1. The number of nitro groups is 1. The van der Waals surface area contributed by atoms with E-state index in [9.17, 15) is 14.9 Å². The van der Waals surface area contributed by atoms with Gasteiger partial charge in [-0.1, -0.05) is 18.0 Å². The Bertz CT molecular complexity index is 550. The molecule has 0 radical (unpaired) electrons. The van der Waals surface area contributed by atoms with E-state index in [1.165, 1.54) is 12.1 Å². The number of amides is 1. The Labute approximate surface area is 128 Å². The van der Waals surface area contributed by atoms with Crippen LogP contribution in [0.1, 0.15) is 31.2 Å². The normalized spacial score (nSPS) is 19.4. The molecule has 1 saturated heterocycles. The molecule has 1 unspecified atom stereocenters. The highest BCUT2D eigenvalue weighted by atomic mass is 35.5. The van der Waals surface area contributed by atoms with Gasteiger partial charge in [0.05, 0.1) is 9.95 Å². The molecule has 0 spiro atoms. The van der Waals surface area contributed by atoms with Gasteiger partial charge in [-0.15, -0.1) is 0 Å². The summed E-state index contributed by atoms with van der Waals surface area (Å²) in [5, 5.41) is 11.1. The molecule has 1 aromatic carbocycles. The fraction of sp³-hybridized carbons (Fsp3) is 0.500. The van der Waals surface area contributed by atoms with Crippen LogP contribution in [0, 0.1) is 10.1 Å². The molecular weight excluding hydrogens is 294 g/mol. The van der Waals surface area contributed by atoms with Crippen molar-refractivity contribution in [3.8, 4) is 0 Å². The van der Waals surface area contributed by atoms with Crippen LogP contribution >= 0.6 is 11.6 Å². The summed E-state index contributed by atoms with van der Waals surface area (Å²) in [7, 11) is 0. The van der Waals surface area contributed by atoms with E-state index in [0.717, 1.165) is 31.4 Å². The maximum atomic E-state index is 11.1. The molecule has 1 heterocycles. The number of nitrogens with two attached hydrogens (primary N) is 1. The standard InChI is InChI=1S/C14H18ClN3O3/c15-13-7-12(18(20)21)5-4-10(13)9-17-6-2-1-3-11(17)8-14(16)19/h4-5,7,11H,1-3,6,8-9H2,(H2,16,19). The smallest absolute Gasteiger partial charge is 0.270 e. The average molecular weight is 312 g/mol. The van der Waals surface area contributed by atoms with Gasteiger partial charge in [0.1, 0.15) is 0 Å². The first kappa shape index (κ1) is 15.7. The zero-order valence-corrected chi connectivity index (χ0v) is 12.4. The third-order valence-electron chi connectivity index (χ3n) is 3.81. The van der Waals surface area contributed by atoms with Crippen LogP contribution in [0.4, 0.5) is 5.69 Å². The third kappa shape index (κ3) is 4.15. The average Bonchev–Trinajstić information content (AvgIpc) is 2.42. The van der Waals surface area contributed by atoms with Crippen LogP contribution in [-0.2, 0) is 11.3 Å². The van der Waals surface area contributed by atoms with Gasteiger partial charge in [-0.05, 0) is 31.0 Å². The topological polar surface area (TPSA) is 89.5 Å². The Kier molecular flexibility index (Phi) is 5.14. The van der Waals surface area contributed by atoms with Gasteiger partial charge in [-0.2, -0.15) is 0 Å². The molecule has 1 aliphatic heterocycles. The van der Waals surface area contributed by atoms with Crippen LogP contribution in [0.15, 0.2) is 18.2 Å². The molecule has 0 bridgehead atoms. The Morgan fingerprint density at radius 1 is 1.48 bits per heavy atom. The number of piperidine rings is 1. The van der Waals surface area contributed by atoms with Crippen LogP contribution in [0.2, 0.25) is 5.02 Å². The zero-order valence-electron chi connectivity index (χ0n) is 11.6. The predicted molar refractivity (Wildman–Crippen MR) is 80.0 cm³/mol. The molecule has 1 aliphatic rings. The molecule has 7 heteroatoms. The van der Waals surface area contributed by atoms with Gasteiger partial charge < -0.3 is 5.73 Å². The first-order valence-corrected chi connectivity index (χ1v) is 7.30. The highest BCUT2D eigenvalue weighted by Crippen LogP contribution is 2.27. The summed E-state index contributed by atoms with van der Waals surface area (Å²) in [6.45, 7) is 1.46. The molecule has 6 nitrogen and oxygen atoms in total. The number of hydrogen-bond donors (Lipinski definition) is 1. The van der Waals surface area contributed by atoms with Crippen LogP contribution < -0.4 is 5.73 Å². The van der Waals surface area contributed by atoms with Crippen molar-refractivity contribution < 1.29 is 9.72 Å². The molecule has 2 rings (SSSR count). The van der Waals surface area contributed by atoms with Crippen molar-refractivity contribution in [2.24, 2.45) is 5.73 Å². The summed E-state index contributed by atoms with van der Waals surface area (Å²) in [4.78, 5) is 23.6. The van der Waals surface area contributed by atoms with Gasteiger partial charge in [-0.3, -0.25) is 19.8 Å². The molecule has 0 aliphatic carbocycles. The quantitative estimate of drug-likeness (QED) is 0.668. The van der Waals surface area contributed by atoms with Crippen molar-refractivity contribution in [1.29, 1.82) is 0 Å². The van der Waals surface area contributed by atoms with Gasteiger partial charge >= 0.3 is 0 Å². The Balaban J connectivity index is 2.11. The SMILES string of the molecule is NC(=O)CC1CCCCN1Cc1ccc([N+](=O)[O-])cc1Cl. The molecule has 0 saturated carbocycles. The van der Waals surface area contributed by atoms with Gasteiger partial charge in [0.2, 0.25) is 5.91 Å². The van der Waals surface area contributed by atoms with E-state index in [0.29, 0.717) is 18.0 Å². The number of rotatable bonds is 5. The molecule has 21 heavy (non-hydrogen) atoms. The van der Waals surface area contributed by atoms with E-state index in [-0.39, 0.29) is 17.6 Å². The molecule has 0 aromatic heterocycles. The number of carbonyl (C=O) groups excluding carboxylic acids is 1. The monoisotopic (exact) mass is 311 g/mol. The second kappa shape index (κ2) is 6.87. The molecule has 2 N–H and O–H groups in total. The fourth-order valence-corrected chi connectivity index (χ4v) is 2.96. The zero-order chi connectivity index (χ0) is 15.4. The first-order valence-electron chi connectivity index (χ1n) is 6.92. The van der Waals surface area contributed by atoms with Crippen LogP contribution in [0.3, 0.4) is 0 Å². The van der Waals surface area contributed by atoms with Crippen molar-refractivity contribution >= 4 is 23.2 Å². The van der Waals surface area contributed by atoms with E-state index < -0.39 is 4.92 Å². The molecular formula is C14H18ClN3O3. The molecule has 114 valence electrons. The van der Waals surface area contributed by atoms with Crippen molar-refractivity contribution in [2.45, 2.75) is 38.3 Å². The van der Waals surface area contributed by atoms with E-state index >= 15 is 0 Å². The summed E-state index contributed by atoms with van der Waals surface area (Å²) in [6, 6.07) is 4.62. The summed E-state index contributed by atoms with van der Waals surface area (Å²) < 4.78 is 0. The molecule has 1 aromatic rings. The summed E-state index contributed by atoms with van der Waals surface area (Å²) >= 11 is 6.12. The lowest BCUT2D eigenvalue weighted by atomic mass is 9.98. The highest BCUT2D eigenvalue weighted by Gasteiger charge is 2.24. The highest BCUT2D eigenvalue weighted by molar-refractivity contribution is 6.31. The van der Waals surface area contributed by atoms with Crippen LogP contribution in [0.5, 0.6) is 0 Å². The van der Waals surface area contributed by atoms with E-state index in [4.69, 9.17) is 17.3 Å². The Morgan fingerprint density at radius 3 is 2.86 bits per heavy atom. The van der Waals surface area contributed by atoms with E-state index in [1.54, 1.807) is 6.07 Å². The minimum absolute atomic E-state index is 0.0175. The summed E-state index contributed by atoms with van der Waals surface area (Å²) in [6.07, 6.45) is 3.43. The first-order chi connectivity index (χ1) is 9.97. The van der Waals surface area contributed by atoms with E-state index in [2.05, 4.69) is 4.90 Å². The maximum absolute atomic E-state index is 11.1. The second-order valence-corrected chi connectivity index (χ2v) is 5.73. The molecule has 1 atom stereocenters. The second-order valence-electron chi connectivity index (χ2n) is 5.32. The number of halogens is 1. The van der Waals surface area contributed by atoms with Crippen LogP contribution in [0.25, 0.3) is 0 Å². The van der Waals surface area contributed by atoms with Crippen LogP contribution in [-0.4, -0.2) is 28.3 Å². The fourth-order valence-electron chi connectivity index (χ4n) is 2.73. The summed E-state index contributed by atoms with van der Waals surface area (Å²) in [5.41, 5.74) is 6.11. The number of nitro benzene ring substituents is 1. The number of primary amides is 1. The Morgan fingerprint density at radius 2 is 2.24 bits per heavy atom.